The second-order valence-electron chi connectivity index (χ2n) is 6.39. The summed E-state index contributed by atoms with van der Waals surface area (Å²) in [5, 5.41) is 4.58. The highest BCUT2D eigenvalue weighted by Crippen LogP contribution is 2.44. The van der Waals surface area contributed by atoms with E-state index in [1.165, 1.54) is 25.7 Å². The molecule has 2 bridgehead atoms. The molecule has 2 saturated carbocycles. The minimum Gasteiger partial charge on any atom is -0.372 e. The molecule has 0 unspecified atom stereocenters. The van der Waals surface area contributed by atoms with Gasteiger partial charge in [-0.1, -0.05) is 6.42 Å². The van der Waals surface area contributed by atoms with Gasteiger partial charge in [-0.15, -0.1) is 0 Å². The third kappa shape index (κ3) is 2.50. The topological polar surface area (TPSA) is 24.5 Å². The van der Waals surface area contributed by atoms with Gasteiger partial charge in [0, 0.05) is 19.1 Å². The summed E-state index contributed by atoms with van der Waals surface area (Å²) in [6, 6.07) is 0.643. The molecule has 18 heavy (non-hydrogen) atoms. The van der Waals surface area contributed by atoms with E-state index >= 15 is 0 Å². The van der Waals surface area contributed by atoms with Crippen LogP contribution in [0.1, 0.15) is 39.5 Å². The minimum atomic E-state index is 0.286. The molecule has 0 spiro atoms. The van der Waals surface area contributed by atoms with E-state index in [0.717, 1.165) is 30.0 Å². The van der Waals surface area contributed by atoms with E-state index in [4.69, 9.17) is 17.0 Å². The van der Waals surface area contributed by atoms with E-state index in [-0.39, 0.29) is 12.2 Å². The largest absolute Gasteiger partial charge is 0.372 e. The number of nitrogens with zero attached hydrogens (tertiary/aromatic N) is 1. The van der Waals surface area contributed by atoms with Crippen LogP contribution in [-0.4, -0.2) is 41.4 Å². The molecule has 0 aromatic heterocycles. The lowest BCUT2D eigenvalue weighted by molar-refractivity contribution is -0.0484. The number of rotatable bonds is 1. The standard InChI is InChI=1S/C14H24N2OS/c1-9-7-16(8-10(2)17-9)14(18)15-13-6-11-3-4-12(13)5-11/h9-13H,3-8H2,1-2H3,(H,15,18)/t9-,10-,11+,12+,13-/m1/s1. The maximum Gasteiger partial charge on any atom is 0.169 e. The molecule has 0 radical (unpaired) electrons. The molecular formula is C14H24N2OS. The first-order valence-electron chi connectivity index (χ1n) is 7.32. The van der Waals surface area contributed by atoms with E-state index in [1.54, 1.807) is 0 Å². The van der Waals surface area contributed by atoms with Crippen molar-refractivity contribution in [3.05, 3.63) is 0 Å². The summed E-state index contributed by atoms with van der Waals surface area (Å²) in [5.41, 5.74) is 0. The van der Waals surface area contributed by atoms with Crippen LogP contribution in [0.5, 0.6) is 0 Å². The van der Waals surface area contributed by atoms with Gasteiger partial charge in [-0.05, 0) is 57.2 Å². The average molecular weight is 268 g/mol. The molecule has 5 atom stereocenters. The highest BCUT2D eigenvalue weighted by Gasteiger charge is 2.40. The Morgan fingerprint density at radius 3 is 2.44 bits per heavy atom. The van der Waals surface area contributed by atoms with Crippen molar-refractivity contribution < 1.29 is 4.74 Å². The quantitative estimate of drug-likeness (QED) is 0.737. The molecule has 3 rings (SSSR count). The zero-order valence-electron chi connectivity index (χ0n) is 11.4. The van der Waals surface area contributed by atoms with Gasteiger partial charge in [0.2, 0.25) is 0 Å². The molecule has 3 fully saturated rings. The molecule has 3 nitrogen and oxygen atoms in total. The van der Waals surface area contributed by atoms with E-state index in [0.29, 0.717) is 6.04 Å². The van der Waals surface area contributed by atoms with E-state index < -0.39 is 0 Å². The lowest BCUT2D eigenvalue weighted by atomic mass is 9.95. The third-order valence-electron chi connectivity index (χ3n) is 4.75. The van der Waals surface area contributed by atoms with Crippen molar-refractivity contribution in [1.82, 2.24) is 10.2 Å². The minimum absolute atomic E-state index is 0.286. The summed E-state index contributed by atoms with van der Waals surface area (Å²) in [6.45, 7) is 6.11. The van der Waals surface area contributed by atoms with Crippen molar-refractivity contribution in [2.24, 2.45) is 11.8 Å². The number of nitrogens with one attached hydrogen (secondary N) is 1. The van der Waals surface area contributed by atoms with Crippen molar-refractivity contribution in [3.63, 3.8) is 0 Å². The summed E-state index contributed by atoms with van der Waals surface area (Å²) in [6.07, 6.45) is 6.18. The van der Waals surface area contributed by atoms with Crippen molar-refractivity contribution >= 4 is 17.3 Å². The number of thiocarbonyl (C=S) groups is 1. The second-order valence-corrected chi connectivity index (χ2v) is 6.78. The van der Waals surface area contributed by atoms with Crippen LogP contribution >= 0.6 is 12.2 Å². The first-order valence-corrected chi connectivity index (χ1v) is 7.73. The Balaban J connectivity index is 1.55. The Bertz CT molecular complexity index is 326. The van der Waals surface area contributed by atoms with Crippen LogP contribution in [0.15, 0.2) is 0 Å². The highest BCUT2D eigenvalue weighted by atomic mass is 32.1. The molecule has 3 aliphatic rings. The predicted octanol–water partition coefficient (Wildman–Crippen LogP) is 2.16. The Morgan fingerprint density at radius 2 is 1.89 bits per heavy atom. The number of hydrogen-bond donors (Lipinski definition) is 1. The fraction of sp³-hybridized carbons (Fsp3) is 0.929. The molecule has 1 N–H and O–H groups in total. The lowest BCUT2D eigenvalue weighted by Crippen LogP contribution is -2.54. The zero-order valence-corrected chi connectivity index (χ0v) is 12.2. The molecule has 4 heteroatoms. The smallest absolute Gasteiger partial charge is 0.169 e. The lowest BCUT2D eigenvalue weighted by Gasteiger charge is -2.38. The third-order valence-corrected chi connectivity index (χ3v) is 5.13. The van der Waals surface area contributed by atoms with Gasteiger partial charge in [-0.3, -0.25) is 0 Å². The van der Waals surface area contributed by atoms with Crippen LogP contribution < -0.4 is 5.32 Å². The number of hydrogen-bond acceptors (Lipinski definition) is 2. The number of morpholine rings is 1. The Hall–Kier alpha value is -0.350. The molecule has 2 aliphatic carbocycles. The maximum atomic E-state index is 5.76. The molecular weight excluding hydrogens is 244 g/mol. The van der Waals surface area contributed by atoms with Crippen LogP contribution in [0.25, 0.3) is 0 Å². The monoisotopic (exact) mass is 268 g/mol. The fourth-order valence-corrected chi connectivity index (χ4v) is 4.32. The van der Waals surface area contributed by atoms with E-state index in [9.17, 15) is 0 Å². The predicted molar refractivity (Wildman–Crippen MR) is 76.6 cm³/mol. The molecule has 1 aliphatic heterocycles. The van der Waals surface area contributed by atoms with Gasteiger partial charge in [0.1, 0.15) is 0 Å². The number of fused-ring (bicyclic) bond motifs is 2. The summed E-state index contributed by atoms with van der Waals surface area (Å²) < 4.78 is 5.76. The number of ether oxygens (including phenoxy) is 1. The van der Waals surface area contributed by atoms with Crippen LogP contribution in [0.3, 0.4) is 0 Å². The maximum absolute atomic E-state index is 5.76. The van der Waals surface area contributed by atoms with Crippen LogP contribution in [0.2, 0.25) is 0 Å². The zero-order chi connectivity index (χ0) is 12.7. The van der Waals surface area contributed by atoms with E-state index in [2.05, 4.69) is 24.1 Å². The fourth-order valence-electron chi connectivity index (χ4n) is 4.02. The summed E-state index contributed by atoms with van der Waals surface area (Å²) in [7, 11) is 0. The highest BCUT2D eigenvalue weighted by molar-refractivity contribution is 7.80. The van der Waals surface area contributed by atoms with Gasteiger partial charge in [-0.25, -0.2) is 0 Å². The molecule has 1 heterocycles. The van der Waals surface area contributed by atoms with Gasteiger partial charge in [0.25, 0.3) is 0 Å². The van der Waals surface area contributed by atoms with Gasteiger partial charge in [0.15, 0.2) is 5.11 Å². The van der Waals surface area contributed by atoms with Crippen LogP contribution in [0.4, 0.5) is 0 Å². The Kier molecular flexibility index (Phi) is 3.50. The van der Waals surface area contributed by atoms with Gasteiger partial charge in [0.05, 0.1) is 12.2 Å². The summed E-state index contributed by atoms with van der Waals surface area (Å²) >= 11 is 5.59. The summed E-state index contributed by atoms with van der Waals surface area (Å²) in [5.74, 6) is 1.85. The van der Waals surface area contributed by atoms with Crippen molar-refractivity contribution in [3.8, 4) is 0 Å². The molecule has 0 aromatic carbocycles. The van der Waals surface area contributed by atoms with Crippen molar-refractivity contribution in [1.29, 1.82) is 0 Å². The molecule has 1 saturated heterocycles. The van der Waals surface area contributed by atoms with Gasteiger partial charge >= 0.3 is 0 Å². The van der Waals surface area contributed by atoms with Crippen LogP contribution in [0, 0.1) is 11.8 Å². The van der Waals surface area contributed by atoms with Crippen molar-refractivity contribution in [2.75, 3.05) is 13.1 Å². The molecule has 102 valence electrons. The van der Waals surface area contributed by atoms with Crippen molar-refractivity contribution in [2.45, 2.75) is 57.8 Å². The van der Waals surface area contributed by atoms with Crippen LogP contribution in [-0.2, 0) is 4.74 Å². The Morgan fingerprint density at radius 1 is 1.17 bits per heavy atom. The SMILES string of the molecule is C[C@@H]1CN(C(=S)N[C@@H]2C[C@H]3CC[C@H]2C3)C[C@@H](C)O1. The van der Waals surface area contributed by atoms with Gasteiger partial charge < -0.3 is 15.0 Å². The summed E-state index contributed by atoms with van der Waals surface area (Å²) in [4.78, 5) is 2.29. The normalized spacial score (nSPS) is 43.2. The average Bonchev–Trinajstić information content (AvgIpc) is 2.89. The first kappa shape index (κ1) is 12.7. The van der Waals surface area contributed by atoms with E-state index in [1.807, 2.05) is 0 Å². The first-order chi connectivity index (χ1) is 8.61. The Labute approximate surface area is 115 Å². The molecule has 0 aromatic rings. The van der Waals surface area contributed by atoms with Gasteiger partial charge in [-0.2, -0.15) is 0 Å². The molecule has 0 amide bonds. The second kappa shape index (κ2) is 4.97.